The van der Waals surface area contributed by atoms with Crippen LogP contribution in [0.2, 0.25) is 5.02 Å². The Kier molecular flexibility index (Phi) is 6.11. The average Bonchev–Trinajstić information content (AvgIpc) is 3.32. The highest BCUT2D eigenvalue weighted by Crippen LogP contribution is 2.36. The summed E-state index contributed by atoms with van der Waals surface area (Å²) in [4.78, 5) is 12.3. The van der Waals surface area contributed by atoms with Gasteiger partial charge in [0, 0.05) is 42.3 Å². The Balaban J connectivity index is 1.43. The highest BCUT2D eigenvalue weighted by Gasteiger charge is 2.33. The molecule has 2 aromatic heterocycles. The van der Waals surface area contributed by atoms with E-state index in [9.17, 15) is 13.2 Å². The van der Waals surface area contributed by atoms with Gasteiger partial charge >= 0.3 is 6.18 Å². The molecule has 0 saturated carbocycles. The van der Waals surface area contributed by atoms with Crippen molar-refractivity contribution in [2.45, 2.75) is 12.2 Å². The predicted octanol–water partition coefficient (Wildman–Crippen LogP) is 5.11. The van der Waals surface area contributed by atoms with Gasteiger partial charge in [-0.25, -0.2) is 15.0 Å². The van der Waals surface area contributed by atoms with Crippen molar-refractivity contribution in [2.24, 2.45) is 5.73 Å². The van der Waals surface area contributed by atoms with E-state index >= 15 is 0 Å². The van der Waals surface area contributed by atoms with Gasteiger partial charge in [-0.3, -0.25) is 0 Å². The third kappa shape index (κ3) is 4.90. The minimum absolute atomic E-state index is 0.300. The fourth-order valence-corrected chi connectivity index (χ4v) is 3.44. The zero-order valence-electron chi connectivity index (χ0n) is 16.6. The number of rotatable bonds is 6. The van der Waals surface area contributed by atoms with Crippen LogP contribution in [0.1, 0.15) is 17.2 Å². The average molecular weight is 459 g/mol. The summed E-state index contributed by atoms with van der Waals surface area (Å²) >= 11 is 5.82. The third-order valence-corrected chi connectivity index (χ3v) is 5.18. The molecule has 0 spiro atoms. The molecule has 2 aromatic carbocycles. The number of benzene rings is 2. The van der Waals surface area contributed by atoms with Gasteiger partial charge in [0.2, 0.25) is 0 Å². The first-order valence-electron chi connectivity index (χ1n) is 9.58. The number of alkyl halides is 3. The van der Waals surface area contributed by atoms with Crippen molar-refractivity contribution < 1.29 is 13.2 Å². The first-order valence-corrected chi connectivity index (χ1v) is 9.96. The lowest BCUT2D eigenvalue weighted by atomic mass is 10.1. The van der Waals surface area contributed by atoms with E-state index in [1.54, 1.807) is 18.6 Å². The van der Waals surface area contributed by atoms with Crippen molar-refractivity contribution in [2.75, 3.05) is 11.9 Å². The fraction of sp³-hybridized carbons (Fsp3) is 0.136. The molecule has 164 valence electrons. The Morgan fingerprint density at radius 1 is 1.06 bits per heavy atom. The summed E-state index contributed by atoms with van der Waals surface area (Å²) in [6.07, 6.45) is 2.09. The second kappa shape index (κ2) is 8.97. The number of nitrogens with two attached hydrogens (primary N) is 1. The Labute approximate surface area is 186 Å². The molecule has 0 radical (unpaired) electrons. The van der Waals surface area contributed by atoms with E-state index in [1.807, 2.05) is 35.0 Å². The molecule has 32 heavy (non-hydrogen) atoms. The summed E-state index contributed by atoms with van der Waals surface area (Å²) in [7, 11) is 0. The lowest BCUT2D eigenvalue weighted by Gasteiger charge is -2.15. The van der Waals surface area contributed by atoms with E-state index < -0.39 is 11.7 Å². The van der Waals surface area contributed by atoms with Gasteiger partial charge in [-0.05, 0) is 29.8 Å². The number of nitrogens with zero attached hydrogens (tertiary/aromatic N) is 4. The van der Waals surface area contributed by atoms with Crippen molar-refractivity contribution >= 4 is 17.4 Å². The molecule has 0 aliphatic heterocycles. The normalized spacial score (nSPS) is 12.5. The molecule has 0 saturated heterocycles. The van der Waals surface area contributed by atoms with Gasteiger partial charge < -0.3 is 15.6 Å². The Bertz CT molecular complexity index is 1190. The van der Waals surface area contributed by atoms with Crippen LogP contribution in [-0.4, -0.2) is 26.1 Å². The smallest absolute Gasteiger partial charge is 0.368 e. The third-order valence-electron chi connectivity index (χ3n) is 4.86. The quantitative estimate of drug-likeness (QED) is 0.419. The molecular weight excluding hydrogens is 441 g/mol. The summed E-state index contributed by atoms with van der Waals surface area (Å²) < 4.78 is 40.7. The van der Waals surface area contributed by atoms with Crippen molar-refractivity contribution in [3.8, 4) is 16.9 Å². The maximum atomic E-state index is 12.9. The molecule has 0 amide bonds. The maximum Gasteiger partial charge on any atom is 0.417 e. The highest BCUT2D eigenvalue weighted by atomic mass is 35.5. The molecule has 0 fully saturated rings. The number of imidazole rings is 1. The van der Waals surface area contributed by atoms with Gasteiger partial charge in [-0.2, -0.15) is 13.2 Å². The monoisotopic (exact) mass is 458 g/mol. The number of halogens is 4. The fourth-order valence-electron chi connectivity index (χ4n) is 3.15. The molecule has 10 heteroatoms. The van der Waals surface area contributed by atoms with Crippen LogP contribution in [0.3, 0.4) is 0 Å². The second-order valence-corrected chi connectivity index (χ2v) is 7.44. The molecule has 6 nitrogen and oxygen atoms in total. The molecule has 0 aliphatic carbocycles. The van der Waals surface area contributed by atoms with E-state index in [-0.39, 0.29) is 11.1 Å². The van der Waals surface area contributed by atoms with E-state index in [0.29, 0.717) is 23.6 Å². The number of nitrogens with one attached hydrogen (secondary N) is 1. The summed E-state index contributed by atoms with van der Waals surface area (Å²) in [5.74, 6) is 0.497. The number of anilines is 1. The van der Waals surface area contributed by atoms with Crippen molar-refractivity contribution in [3.05, 3.63) is 89.7 Å². The minimum atomic E-state index is -4.51. The van der Waals surface area contributed by atoms with Gasteiger partial charge in [0.1, 0.15) is 12.1 Å². The lowest BCUT2D eigenvalue weighted by Crippen LogP contribution is -2.21. The van der Waals surface area contributed by atoms with Gasteiger partial charge in [0.25, 0.3) is 0 Å². The summed E-state index contributed by atoms with van der Waals surface area (Å²) in [6, 6.07) is 12.6. The number of hydrogen-bond acceptors (Lipinski definition) is 5. The number of aromatic nitrogens is 4. The molecule has 4 aromatic rings. The topological polar surface area (TPSA) is 81.6 Å². The highest BCUT2D eigenvalue weighted by molar-refractivity contribution is 6.31. The van der Waals surface area contributed by atoms with Gasteiger partial charge in [0.15, 0.2) is 0 Å². The molecule has 1 unspecified atom stereocenters. The van der Waals surface area contributed by atoms with Crippen molar-refractivity contribution in [1.29, 1.82) is 0 Å². The lowest BCUT2D eigenvalue weighted by molar-refractivity contribution is -0.137. The Hall–Kier alpha value is -3.43. The molecular formula is C22H18ClF3N6. The van der Waals surface area contributed by atoms with Crippen LogP contribution >= 0.6 is 11.6 Å². The molecule has 0 aliphatic rings. The largest absolute Gasteiger partial charge is 0.417 e. The van der Waals surface area contributed by atoms with E-state index in [0.717, 1.165) is 17.3 Å². The second-order valence-electron chi connectivity index (χ2n) is 7.03. The maximum absolute atomic E-state index is 12.9. The predicted molar refractivity (Wildman–Crippen MR) is 116 cm³/mol. The molecule has 3 N–H and O–H groups in total. The Morgan fingerprint density at radius 2 is 1.84 bits per heavy atom. The van der Waals surface area contributed by atoms with Crippen molar-refractivity contribution in [1.82, 2.24) is 19.5 Å². The SMILES string of the molecule is NC(CNc1cc(-c2ccc(C(F)(F)F)c(Cl)c2)ncn1)c1ccc(-n2ccnc2)cc1. The van der Waals surface area contributed by atoms with E-state index in [2.05, 4.69) is 20.3 Å². The van der Waals surface area contributed by atoms with Crippen LogP contribution in [0.5, 0.6) is 0 Å². The van der Waals surface area contributed by atoms with Gasteiger partial charge in [-0.15, -0.1) is 0 Å². The van der Waals surface area contributed by atoms with Crippen molar-refractivity contribution in [3.63, 3.8) is 0 Å². The van der Waals surface area contributed by atoms with Crippen LogP contribution in [0, 0.1) is 0 Å². The molecule has 1 atom stereocenters. The standard InChI is InChI=1S/C22H18ClF3N6/c23-18-9-15(3-6-17(18)22(24,25)26)20-10-21(31-12-30-20)29-11-19(27)14-1-4-16(5-2-14)32-8-7-28-13-32/h1-10,12-13,19H,11,27H2,(H,29,30,31). The molecule has 0 bridgehead atoms. The number of hydrogen-bond donors (Lipinski definition) is 2. The summed E-state index contributed by atoms with van der Waals surface area (Å²) in [5.41, 5.74) is 8.20. The summed E-state index contributed by atoms with van der Waals surface area (Å²) in [6.45, 7) is 0.397. The summed E-state index contributed by atoms with van der Waals surface area (Å²) in [5, 5.41) is 2.76. The molecule has 4 rings (SSSR count). The van der Waals surface area contributed by atoms with Gasteiger partial charge in [0.05, 0.1) is 22.6 Å². The van der Waals surface area contributed by atoms with Crippen LogP contribution < -0.4 is 11.1 Å². The van der Waals surface area contributed by atoms with E-state index in [1.165, 1.54) is 18.5 Å². The van der Waals surface area contributed by atoms with Crippen LogP contribution in [0.25, 0.3) is 16.9 Å². The molecule has 2 heterocycles. The van der Waals surface area contributed by atoms with Gasteiger partial charge in [-0.1, -0.05) is 29.8 Å². The zero-order chi connectivity index (χ0) is 22.7. The zero-order valence-corrected chi connectivity index (χ0v) is 17.3. The Morgan fingerprint density at radius 3 is 2.50 bits per heavy atom. The first-order chi connectivity index (χ1) is 15.3. The minimum Gasteiger partial charge on any atom is -0.368 e. The van der Waals surface area contributed by atoms with E-state index in [4.69, 9.17) is 17.3 Å². The van der Waals surface area contributed by atoms with Crippen LogP contribution in [-0.2, 0) is 6.18 Å². The van der Waals surface area contributed by atoms with Crippen LogP contribution in [0.4, 0.5) is 19.0 Å². The van der Waals surface area contributed by atoms with Crippen LogP contribution in [0.15, 0.2) is 73.6 Å². The first kappa shape index (κ1) is 21.8.